The Bertz CT molecular complexity index is 1150. The molecule has 3 aromatic rings. The summed E-state index contributed by atoms with van der Waals surface area (Å²) in [6.45, 7) is 2.09. The van der Waals surface area contributed by atoms with Crippen molar-refractivity contribution < 1.29 is 9.59 Å². The SMILES string of the molecule is O=C(Nc1ccc(-c2ncc3n2CCCC3)cc1)C1CCCN(C(=O)c2ccc(Cl)cc2)C1. The van der Waals surface area contributed by atoms with Gasteiger partial charge in [0.2, 0.25) is 5.91 Å². The average Bonchev–Trinajstić information content (AvgIpc) is 3.29. The fourth-order valence-electron chi connectivity index (χ4n) is 4.76. The number of nitrogens with one attached hydrogen (secondary N) is 1. The van der Waals surface area contributed by atoms with Gasteiger partial charge in [-0.1, -0.05) is 11.6 Å². The number of amides is 2. The number of carbonyl (C=O) groups excluding carboxylic acids is 2. The van der Waals surface area contributed by atoms with Crippen molar-refractivity contribution in [3.63, 3.8) is 0 Å². The second-order valence-corrected chi connectivity index (χ2v) is 9.28. The van der Waals surface area contributed by atoms with E-state index in [2.05, 4.69) is 14.9 Å². The number of likely N-dealkylation sites (tertiary alicyclic amines) is 1. The largest absolute Gasteiger partial charge is 0.338 e. The molecule has 2 aromatic carbocycles. The zero-order chi connectivity index (χ0) is 22.8. The summed E-state index contributed by atoms with van der Waals surface area (Å²) >= 11 is 5.93. The maximum Gasteiger partial charge on any atom is 0.253 e. The third-order valence-electron chi connectivity index (χ3n) is 6.58. The van der Waals surface area contributed by atoms with Crippen LogP contribution < -0.4 is 5.32 Å². The smallest absolute Gasteiger partial charge is 0.253 e. The number of fused-ring (bicyclic) bond motifs is 1. The van der Waals surface area contributed by atoms with Gasteiger partial charge in [-0.2, -0.15) is 0 Å². The maximum absolute atomic E-state index is 12.9. The van der Waals surface area contributed by atoms with Gasteiger partial charge in [-0.25, -0.2) is 4.98 Å². The highest BCUT2D eigenvalue weighted by Crippen LogP contribution is 2.26. The molecule has 3 heterocycles. The Morgan fingerprint density at radius 3 is 2.55 bits per heavy atom. The highest BCUT2D eigenvalue weighted by atomic mass is 35.5. The van der Waals surface area contributed by atoms with Crippen molar-refractivity contribution in [3.8, 4) is 11.4 Å². The van der Waals surface area contributed by atoms with Crippen LogP contribution in [0.3, 0.4) is 0 Å². The summed E-state index contributed by atoms with van der Waals surface area (Å²) in [5.74, 6) is 0.659. The number of carbonyl (C=O) groups is 2. The molecule has 0 bridgehead atoms. The Labute approximate surface area is 198 Å². The lowest BCUT2D eigenvalue weighted by atomic mass is 9.96. The van der Waals surface area contributed by atoms with E-state index in [-0.39, 0.29) is 17.7 Å². The molecule has 1 saturated heterocycles. The molecule has 1 fully saturated rings. The molecule has 1 atom stereocenters. The summed E-state index contributed by atoms with van der Waals surface area (Å²) in [5.41, 5.74) is 3.70. The van der Waals surface area contributed by atoms with Crippen LogP contribution in [0.15, 0.2) is 54.7 Å². The first-order valence-electron chi connectivity index (χ1n) is 11.6. The lowest BCUT2D eigenvalue weighted by Gasteiger charge is -2.32. The maximum atomic E-state index is 12.9. The third-order valence-corrected chi connectivity index (χ3v) is 6.84. The van der Waals surface area contributed by atoms with Crippen molar-refractivity contribution >= 4 is 29.1 Å². The first-order chi connectivity index (χ1) is 16.1. The van der Waals surface area contributed by atoms with Crippen molar-refractivity contribution in [2.75, 3.05) is 18.4 Å². The Kier molecular flexibility index (Phi) is 6.18. The van der Waals surface area contributed by atoms with E-state index in [1.54, 1.807) is 29.2 Å². The number of benzene rings is 2. The van der Waals surface area contributed by atoms with Gasteiger partial charge in [0.25, 0.3) is 5.91 Å². The minimum atomic E-state index is -0.228. The van der Waals surface area contributed by atoms with Gasteiger partial charge in [0, 0.05) is 53.4 Å². The zero-order valence-corrected chi connectivity index (χ0v) is 19.2. The minimum Gasteiger partial charge on any atom is -0.338 e. The first-order valence-corrected chi connectivity index (χ1v) is 12.0. The molecular weight excluding hydrogens is 436 g/mol. The highest BCUT2D eigenvalue weighted by Gasteiger charge is 2.29. The van der Waals surface area contributed by atoms with E-state index in [9.17, 15) is 9.59 Å². The van der Waals surface area contributed by atoms with Crippen LogP contribution in [0.2, 0.25) is 5.02 Å². The van der Waals surface area contributed by atoms with Gasteiger partial charge in [-0.05, 0) is 80.6 Å². The Morgan fingerprint density at radius 1 is 0.970 bits per heavy atom. The van der Waals surface area contributed by atoms with Crippen LogP contribution in [0.25, 0.3) is 11.4 Å². The average molecular weight is 463 g/mol. The van der Waals surface area contributed by atoms with Crippen LogP contribution in [0.4, 0.5) is 5.69 Å². The van der Waals surface area contributed by atoms with E-state index < -0.39 is 0 Å². The molecule has 2 aliphatic heterocycles. The van der Waals surface area contributed by atoms with Crippen LogP contribution in [0.1, 0.15) is 41.7 Å². The van der Waals surface area contributed by atoms with Crippen molar-refractivity contribution in [2.45, 2.75) is 38.6 Å². The fraction of sp³-hybridized carbons (Fsp3) is 0.346. The molecule has 5 rings (SSSR count). The number of halogens is 1. The van der Waals surface area contributed by atoms with Crippen molar-refractivity contribution in [1.82, 2.24) is 14.5 Å². The minimum absolute atomic E-state index is 0.0467. The van der Waals surface area contributed by atoms with E-state index in [0.717, 1.165) is 42.9 Å². The Balaban J connectivity index is 1.22. The van der Waals surface area contributed by atoms with Gasteiger partial charge in [0.05, 0.1) is 5.92 Å². The second-order valence-electron chi connectivity index (χ2n) is 8.85. The summed E-state index contributed by atoms with van der Waals surface area (Å²) in [5, 5.41) is 3.63. The van der Waals surface area contributed by atoms with Crippen LogP contribution in [0.5, 0.6) is 0 Å². The summed E-state index contributed by atoms with van der Waals surface area (Å²) in [6.07, 6.45) is 7.05. The van der Waals surface area contributed by atoms with Crippen molar-refractivity contribution in [2.24, 2.45) is 5.92 Å². The van der Waals surface area contributed by atoms with Crippen molar-refractivity contribution in [1.29, 1.82) is 0 Å². The first kappa shape index (κ1) is 21.7. The molecule has 6 nitrogen and oxygen atoms in total. The molecule has 33 heavy (non-hydrogen) atoms. The number of aromatic nitrogens is 2. The predicted octanol–water partition coefficient (Wildman–Crippen LogP) is 5.03. The summed E-state index contributed by atoms with van der Waals surface area (Å²) in [4.78, 5) is 32.2. The van der Waals surface area contributed by atoms with E-state index in [4.69, 9.17) is 11.6 Å². The zero-order valence-electron chi connectivity index (χ0n) is 18.5. The number of aryl methyl sites for hydroxylation is 1. The van der Waals surface area contributed by atoms with Crippen LogP contribution in [0, 0.1) is 5.92 Å². The molecule has 1 unspecified atom stereocenters. The summed E-state index contributed by atoms with van der Waals surface area (Å²) in [7, 11) is 0. The lowest BCUT2D eigenvalue weighted by molar-refractivity contribution is -0.121. The number of anilines is 1. The molecule has 2 amide bonds. The van der Waals surface area contributed by atoms with Gasteiger partial charge in [-0.15, -0.1) is 0 Å². The molecule has 0 spiro atoms. The standard InChI is InChI=1S/C26H27ClN4O2/c27-21-10-6-19(7-11-21)26(33)30-14-3-4-20(17-30)25(32)29-22-12-8-18(9-13-22)24-28-16-23-5-1-2-15-31(23)24/h6-13,16,20H,1-5,14-15,17H2,(H,29,32). The number of hydrogen-bond acceptors (Lipinski definition) is 3. The molecule has 1 N–H and O–H groups in total. The molecule has 2 aliphatic rings. The van der Waals surface area contributed by atoms with Gasteiger partial charge < -0.3 is 14.8 Å². The normalized spacial score (nSPS) is 18.0. The highest BCUT2D eigenvalue weighted by molar-refractivity contribution is 6.30. The number of nitrogens with zero attached hydrogens (tertiary/aromatic N) is 3. The Hall–Kier alpha value is -3.12. The number of imidazole rings is 1. The summed E-state index contributed by atoms with van der Waals surface area (Å²) in [6, 6.07) is 14.8. The predicted molar refractivity (Wildman–Crippen MR) is 129 cm³/mol. The van der Waals surface area contributed by atoms with Crippen LogP contribution in [-0.4, -0.2) is 39.4 Å². The summed E-state index contributed by atoms with van der Waals surface area (Å²) < 4.78 is 2.30. The van der Waals surface area contributed by atoms with E-state index >= 15 is 0 Å². The van der Waals surface area contributed by atoms with Crippen LogP contribution >= 0.6 is 11.6 Å². The Morgan fingerprint density at radius 2 is 1.76 bits per heavy atom. The van der Waals surface area contributed by atoms with E-state index in [1.165, 1.54) is 18.5 Å². The van der Waals surface area contributed by atoms with Gasteiger partial charge in [0.1, 0.15) is 5.82 Å². The molecule has 170 valence electrons. The van der Waals surface area contributed by atoms with Gasteiger partial charge in [-0.3, -0.25) is 9.59 Å². The molecule has 7 heteroatoms. The molecule has 1 aromatic heterocycles. The number of hydrogen-bond donors (Lipinski definition) is 1. The quantitative estimate of drug-likeness (QED) is 0.591. The lowest BCUT2D eigenvalue weighted by Crippen LogP contribution is -2.43. The topological polar surface area (TPSA) is 67.2 Å². The third kappa shape index (κ3) is 4.67. The van der Waals surface area contributed by atoms with Gasteiger partial charge >= 0.3 is 0 Å². The fourth-order valence-corrected chi connectivity index (χ4v) is 4.89. The van der Waals surface area contributed by atoms with Crippen molar-refractivity contribution in [3.05, 3.63) is 71.0 Å². The number of piperidine rings is 1. The van der Waals surface area contributed by atoms with E-state index in [1.807, 2.05) is 30.5 Å². The number of rotatable bonds is 4. The molecule has 0 radical (unpaired) electrons. The van der Waals surface area contributed by atoms with Gasteiger partial charge in [0.15, 0.2) is 0 Å². The second kappa shape index (κ2) is 9.40. The molecule has 0 aliphatic carbocycles. The molecular formula is C26H27ClN4O2. The molecule has 0 saturated carbocycles. The van der Waals surface area contributed by atoms with E-state index in [0.29, 0.717) is 23.7 Å². The van der Waals surface area contributed by atoms with Crippen LogP contribution in [-0.2, 0) is 17.8 Å². The monoisotopic (exact) mass is 462 g/mol.